The summed E-state index contributed by atoms with van der Waals surface area (Å²) in [5, 5.41) is 3.15. The van der Waals surface area contributed by atoms with Crippen LogP contribution in [0, 0.1) is 5.92 Å². The normalized spacial score (nSPS) is 22.5. The minimum absolute atomic E-state index is 0. The van der Waals surface area contributed by atoms with Gasteiger partial charge in [0.2, 0.25) is 0 Å². The minimum atomic E-state index is 0. The summed E-state index contributed by atoms with van der Waals surface area (Å²) in [6.45, 7) is 12.5. The highest BCUT2D eigenvalue weighted by atomic mass is 127. The number of rotatable bonds is 6. The second-order valence-corrected chi connectivity index (χ2v) is 6.71. The number of halogens is 1. The molecule has 1 saturated heterocycles. The summed E-state index contributed by atoms with van der Waals surface area (Å²) in [7, 11) is 1.69. The van der Waals surface area contributed by atoms with E-state index in [1.165, 1.54) is 19.4 Å². The number of aliphatic imine (C=N–C) groups is 1. The van der Waals surface area contributed by atoms with Crippen molar-refractivity contribution >= 4 is 29.9 Å². The summed E-state index contributed by atoms with van der Waals surface area (Å²) in [5.41, 5.74) is 5.99. The number of ether oxygens (including phenoxy) is 1. The molecule has 0 aliphatic carbocycles. The van der Waals surface area contributed by atoms with E-state index >= 15 is 0 Å². The molecule has 0 amide bonds. The van der Waals surface area contributed by atoms with Crippen molar-refractivity contribution < 1.29 is 4.74 Å². The van der Waals surface area contributed by atoms with E-state index < -0.39 is 0 Å². The molecule has 0 aromatic carbocycles. The Kier molecular flexibility index (Phi) is 9.80. The van der Waals surface area contributed by atoms with Crippen LogP contribution in [0.5, 0.6) is 0 Å². The Morgan fingerprint density at radius 2 is 2.19 bits per heavy atom. The maximum absolute atomic E-state index is 5.93. The van der Waals surface area contributed by atoms with Crippen LogP contribution >= 0.6 is 24.0 Å². The topological polar surface area (TPSA) is 62.9 Å². The first-order chi connectivity index (χ1) is 9.35. The molecule has 0 spiro atoms. The molecule has 2 atom stereocenters. The van der Waals surface area contributed by atoms with Crippen LogP contribution in [-0.2, 0) is 4.74 Å². The van der Waals surface area contributed by atoms with E-state index in [2.05, 4.69) is 36.0 Å². The molecule has 126 valence electrons. The monoisotopic (exact) mass is 412 g/mol. The van der Waals surface area contributed by atoms with E-state index in [1.807, 2.05) is 6.92 Å². The fraction of sp³-hybridized carbons (Fsp3) is 0.933. The second kappa shape index (κ2) is 9.84. The minimum Gasteiger partial charge on any atom is -0.383 e. The standard InChI is InChI=1S/C15H32N4O.HI/c1-12-7-6-8-19(9-12)15(3,4)11-17-14(16)18-13(2)10-20-5;/h12-13H,6-11H2,1-5H3,(H3,16,17,18);1H. The van der Waals surface area contributed by atoms with Crippen molar-refractivity contribution in [1.29, 1.82) is 0 Å². The number of nitrogens with zero attached hydrogens (tertiary/aromatic N) is 2. The van der Waals surface area contributed by atoms with Gasteiger partial charge in [-0.05, 0) is 46.1 Å². The number of hydrogen-bond acceptors (Lipinski definition) is 3. The van der Waals surface area contributed by atoms with Gasteiger partial charge in [-0.25, -0.2) is 0 Å². The average Bonchev–Trinajstić information content (AvgIpc) is 2.37. The van der Waals surface area contributed by atoms with Crippen molar-refractivity contribution in [3.05, 3.63) is 0 Å². The Balaban J connectivity index is 0.00000400. The first kappa shape index (κ1) is 20.9. The van der Waals surface area contributed by atoms with Crippen LogP contribution in [0.15, 0.2) is 4.99 Å². The van der Waals surface area contributed by atoms with Gasteiger partial charge in [0.05, 0.1) is 13.2 Å². The molecule has 5 nitrogen and oxygen atoms in total. The first-order valence-corrected chi connectivity index (χ1v) is 7.65. The van der Waals surface area contributed by atoms with E-state index in [0.29, 0.717) is 12.6 Å². The largest absolute Gasteiger partial charge is 0.383 e. The SMILES string of the molecule is COCC(C)NC(N)=NCC(C)(C)N1CCCC(C)C1.I. The number of hydrogen-bond donors (Lipinski definition) is 2. The van der Waals surface area contributed by atoms with Gasteiger partial charge in [-0.3, -0.25) is 9.89 Å². The second-order valence-electron chi connectivity index (χ2n) is 6.71. The Morgan fingerprint density at radius 1 is 1.52 bits per heavy atom. The van der Waals surface area contributed by atoms with Crippen molar-refractivity contribution in [2.45, 2.75) is 52.1 Å². The molecule has 1 heterocycles. The molecular formula is C15H33IN4O. The molecule has 6 heteroatoms. The Labute approximate surface area is 147 Å². The summed E-state index contributed by atoms with van der Waals surface area (Å²) in [6.07, 6.45) is 2.63. The van der Waals surface area contributed by atoms with Crippen molar-refractivity contribution in [3.8, 4) is 0 Å². The number of methoxy groups -OCH3 is 1. The highest BCUT2D eigenvalue weighted by molar-refractivity contribution is 14.0. The van der Waals surface area contributed by atoms with Gasteiger partial charge in [0.1, 0.15) is 0 Å². The van der Waals surface area contributed by atoms with Crippen LogP contribution in [0.3, 0.4) is 0 Å². The fourth-order valence-corrected chi connectivity index (χ4v) is 2.71. The molecule has 0 aromatic heterocycles. The average molecular weight is 412 g/mol. The first-order valence-electron chi connectivity index (χ1n) is 7.65. The number of guanidine groups is 1. The highest BCUT2D eigenvalue weighted by Crippen LogP contribution is 2.23. The van der Waals surface area contributed by atoms with Crippen molar-refractivity contribution in [2.75, 3.05) is 33.4 Å². The van der Waals surface area contributed by atoms with Crippen molar-refractivity contribution in [2.24, 2.45) is 16.6 Å². The van der Waals surface area contributed by atoms with Gasteiger partial charge in [-0.1, -0.05) is 6.92 Å². The lowest BCUT2D eigenvalue weighted by molar-refractivity contribution is 0.0774. The predicted octanol–water partition coefficient (Wildman–Crippen LogP) is 2.05. The maximum atomic E-state index is 5.93. The summed E-state index contributed by atoms with van der Waals surface area (Å²) >= 11 is 0. The number of likely N-dealkylation sites (tertiary alicyclic amines) is 1. The zero-order valence-corrected chi connectivity index (χ0v) is 16.5. The van der Waals surface area contributed by atoms with Gasteiger partial charge >= 0.3 is 0 Å². The molecule has 2 unspecified atom stereocenters. The summed E-state index contributed by atoms with van der Waals surface area (Å²) < 4.78 is 5.08. The number of nitrogens with one attached hydrogen (secondary N) is 1. The Morgan fingerprint density at radius 3 is 2.76 bits per heavy atom. The van der Waals surface area contributed by atoms with Gasteiger partial charge in [-0.2, -0.15) is 0 Å². The van der Waals surface area contributed by atoms with E-state index in [9.17, 15) is 0 Å². The van der Waals surface area contributed by atoms with E-state index in [0.717, 1.165) is 19.0 Å². The molecule has 0 radical (unpaired) electrons. The summed E-state index contributed by atoms with van der Waals surface area (Å²) in [5.74, 6) is 1.29. The molecule has 1 aliphatic heterocycles. The van der Waals surface area contributed by atoms with Crippen LogP contribution in [0.25, 0.3) is 0 Å². The predicted molar refractivity (Wildman–Crippen MR) is 100 cm³/mol. The van der Waals surface area contributed by atoms with Crippen molar-refractivity contribution in [3.63, 3.8) is 0 Å². The molecule has 1 aliphatic rings. The molecule has 0 saturated carbocycles. The van der Waals surface area contributed by atoms with Crippen LogP contribution in [0.1, 0.15) is 40.5 Å². The smallest absolute Gasteiger partial charge is 0.188 e. The van der Waals surface area contributed by atoms with Gasteiger partial charge in [0, 0.05) is 25.2 Å². The number of piperidine rings is 1. The van der Waals surface area contributed by atoms with Crippen LogP contribution in [-0.4, -0.2) is 55.8 Å². The molecule has 1 rings (SSSR count). The summed E-state index contributed by atoms with van der Waals surface area (Å²) in [6, 6.07) is 0.182. The van der Waals surface area contributed by atoms with Gasteiger partial charge in [0.15, 0.2) is 5.96 Å². The van der Waals surface area contributed by atoms with E-state index in [4.69, 9.17) is 10.5 Å². The maximum Gasteiger partial charge on any atom is 0.188 e. The zero-order chi connectivity index (χ0) is 15.2. The third-order valence-corrected chi connectivity index (χ3v) is 3.96. The fourth-order valence-electron chi connectivity index (χ4n) is 2.71. The van der Waals surface area contributed by atoms with E-state index in [-0.39, 0.29) is 35.6 Å². The molecular weight excluding hydrogens is 379 g/mol. The third kappa shape index (κ3) is 7.65. The molecule has 21 heavy (non-hydrogen) atoms. The van der Waals surface area contributed by atoms with Crippen LogP contribution in [0.2, 0.25) is 0 Å². The molecule has 1 fully saturated rings. The molecule has 0 bridgehead atoms. The van der Waals surface area contributed by atoms with E-state index in [1.54, 1.807) is 7.11 Å². The van der Waals surface area contributed by atoms with Crippen LogP contribution < -0.4 is 11.1 Å². The van der Waals surface area contributed by atoms with Gasteiger partial charge < -0.3 is 15.8 Å². The quantitative estimate of drug-likeness (QED) is 0.398. The lowest BCUT2D eigenvalue weighted by atomic mass is 9.94. The molecule has 0 aromatic rings. The Bertz CT molecular complexity index is 323. The van der Waals surface area contributed by atoms with Crippen molar-refractivity contribution in [1.82, 2.24) is 10.2 Å². The van der Waals surface area contributed by atoms with Gasteiger partial charge in [0.25, 0.3) is 0 Å². The lowest BCUT2D eigenvalue weighted by Crippen LogP contribution is -2.51. The molecule has 3 N–H and O–H groups in total. The number of nitrogens with two attached hydrogens (primary N) is 1. The highest BCUT2D eigenvalue weighted by Gasteiger charge is 2.29. The van der Waals surface area contributed by atoms with Gasteiger partial charge in [-0.15, -0.1) is 24.0 Å². The zero-order valence-electron chi connectivity index (χ0n) is 14.2. The van der Waals surface area contributed by atoms with Crippen LogP contribution in [0.4, 0.5) is 0 Å². The third-order valence-electron chi connectivity index (χ3n) is 3.96. The summed E-state index contributed by atoms with van der Waals surface area (Å²) in [4.78, 5) is 7.04. The Hall–Kier alpha value is -0.0800. The lowest BCUT2D eigenvalue weighted by Gasteiger charge is -2.42.